The maximum Gasteiger partial charge on any atom is 0.262 e. The van der Waals surface area contributed by atoms with E-state index in [0.29, 0.717) is 11.2 Å². The summed E-state index contributed by atoms with van der Waals surface area (Å²) in [5.41, 5.74) is 0.122. The van der Waals surface area contributed by atoms with Crippen LogP contribution >= 0.6 is 11.6 Å². The largest absolute Gasteiger partial charge is 0.346 e. The number of hydrogen-bond acceptors (Lipinski definition) is 3. The summed E-state index contributed by atoms with van der Waals surface area (Å²) in [4.78, 5) is 6.93. The summed E-state index contributed by atoms with van der Waals surface area (Å²) in [5, 5.41) is 1.00. The van der Waals surface area contributed by atoms with E-state index in [-0.39, 0.29) is 9.92 Å². The number of rotatable bonds is 3. The number of halogens is 3. The Bertz CT molecular complexity index is 1440. The molecule has 0 amide bonds. The van der Waals surface area contributed by atoms with Gasteiger partial charge in [-0.25, -0.2) is 22.2 Å². The van der Waals surface area contributed by atoms with E-state index in [4.69, 9.17) is 11.6 Å². The average Bonchev–Trinajstić information content (AvgIpc) is 3.18. The van der Waals surface area contributed by atoms with Gasteiger partial charge in [0.15, 0.2) is 5.82 Å². The highest BCUT2D eigenvalue weighted by Crippen LogP contribution is 2.24. The van der Waals surface area contributed by atoms with Crippen LogP contribution in [-0.2, 0) is 10.0 Å². The van der Waals surface area contributed by atoms with Gasteiger partial charge in [-0.05, 0) is 42.5 Å². The summed E-state index contributed by atoms with van der Waals surface area (Å²) in [6.45, 7) is 0. The van der Waals surface area contributed by atoms with Gasteiger partial charge in [-0.2, -0.15) is 0 Å². The van der Waals surface area contributed by atoms with Crippen LogP contribution in [0.4, 0.5) is 14.5 Å². The van der Waals surface area contributed by atoms with E-state index < -0.39 is 32.9 Å². The Kier molecular flexibility index (Phi) is 5.16. The van der Waals surface area contributed by atoms with Crippen LogP contribution in [0.3, 0.4) is 0 Å². The molecule has 0 aliphatic heterocycles. The molecule has 150 valence electrons. The van der Waals surface area contributed by atoms with Crippen molar-refractivity contribution in [1.29, 1.82) is 0 Å². The fraction of sp³-hybridized carbons (Fsp3) is 0. The van der Waals surface area contributed by atoms with Gasteiger partial charge in [-0.3, -0.25) is 4.72 Å². The third-order valence-electron chi connectivity index (χ3n) is 4.17. The van der Waals surface area contributed by atoms with Gasteiger partial charge in [0.05, 0.1) is 16.1 Å². The van der Waals surface area contributed by atoms with Gasteiger partial charge in [-0.15, -0.1) is 0 Å². The lowest BCUT2D eigenvalue weighted by atomic mass is 10.1. The minimum absolute atomic E-state index is 0.155. The van der Waals surface area contributed by atoms with E-state index in [1.807, 2.05) is 0 Å². The highest BCUT2D eigenvalue weighted by Gasteiger charge is 2.19. The summed E-state index contributed by atoms with van der Waals surface area (Å²) >= 11 is 5.82. The highest BCUT2D eigenvalue weighted by atomic mass is 35.5. The van der Waals surface area contributed by atoms with E-state index >= 15 is 0 Å². The summed E-state index contributed by atoms with van der Waals surface area (Å²) in [6, 6.07) is 10.9. The molecule has 5 nitrogen and oxygen atoms in total. The topological polar surface area (TPSA) is 74.8 Å². The van der Waals surface area contributed by atoms with Gasteiger partial charge in [0, 0.05) is 28.4 Å². The third-order valence-corrected chi connectivity index (χ3v) is 5.77. The van der Waals surface area contributed by atoms with Crippen molar-refractivity contribution >= 4 is 38.3 Å². The Morgan fingerprint density at radius 3 is 2.70 bits per heavy atom. The van der Waals surface area contributed by atoms with E-state index in [0.717, 1.165) is 17.5 Å². The van der Waals surface area contributed by atoms with Crippen LogP contribution in [0, 0.1) is 23.5 Å². The minimum atomic E-state index is -4.13. The summed E-state index contributed by atoms with van der Waals surface area (Å²) < 4.78 is 56.1. The number of nitrogens with zero attached hydrogens (tertiary/aromatic N) is 1. The number of hydrogen-bond donors (Lipinski definition) is 2. The minimum Gasteiger partial charge on any atom is -0.346 e. The maximum atomic E-state index is 14.8. The molecule has 0 atom stereocenters. The first-order chi connectivity index (χ1) is 14.3. The zero-order chi connectivity index (χ0) is 21.3. The summed E-state index contributed by atoms with van der Waals surface area (Å²) in [7, 11) is -4.13. The molecular weight excluding hydrogens is 432 g/mol. The Hall–Kier alpha value is -3.41. The third kappa shape index (κ3) is 3.99. The normalized spacial score (nSPS) is 11.2. The molecule has 0 aliphatic rings. The smallest absolute Gasteiger partial charge is 0.262 e. The molecule has 0 spiro atoms. The second kappa shape index (κ2) is 7.78. The molecule has 4 aromatic rings. The molecule has 2 aromatic carbocycles. The van der Waals surface area contributed by atoms with Crippen molar-refractivity contribution in [3.8, 4) is 11.8 Å². The molecule has 2 heterocycles. The molecule has 0 saturated carbocycles. The van der Waals surface area contributed by atoms with Crippen LogP contribution < -0.4 is 4.72 Å². The number of benzene rings is 2. The quantitative estimate of drug-likeness (QED) is 0.451. The van der Waals surface area contributed by atoms with Gasteiger partial charge in [0.1, 0.15) is 11.5 Å². The number of nitrogens with one attached hydrogen (secondary N) is 2. The van der Waals surface area contributed by atoms with Crippen LogP contribution in [0.1, 0.15) is 11.1 Å². The number of aromatic nitrogens is 2. The lowest BCUT2D eigenvalue weighted by Gasteiger charge is -2.10. The van der Waals surface area contributed by atoms with Crippen molar-refractivity contribution in [3.05, 3.63) is 88.7 Å². The fourth-order valence-corrected chi connectivity index (χ4v) is 4.09. The van der Waals surface area contributed by atoms with Gasteiger partial charge >= 0.3 is 0 Å². The first-order valence-corrected chi connectivity index (χ1v) is 10.4. The van der Waals surface area contributed by atoms with Crippen LogP contribution in [0.2, 0.25) is 5.02 Å². The molecule has 9 heteroatoms. The Morgan fingerprint density at radius 1 is 1.07 bits per heavy atom. The summed E-state index contributed by atoms with van der Waals surface area (Å²) in [5.74, 6) is 3.04. The fourth-order valence-electron chi connectivity index (χ4n) is 2.73. The Labute approximate surface area is 175 Å². The van der Waals surface area contributed by atoms with Crippen molar-refractivity contribution in [1.82, 2.24) is 9.97 Å². The highest BCUT2D eigenvalue weighted by molar-refractivity contribution is 7.92. The molecule has 0 aliphatic carbocycles. The molecule has 0 bridgehead atoms. The molecule has 0 radical (unpaired) electrons. The van der Waals surface area contributed by atoms with Crippen molar-refractivity contribution in [2.75, 3.05) is 4.72 Å². The molecular formula is C21H12ClF2N3O2S. The average molecular weight is 444 g/mol. The second-order valence-corrected chi connectivity index (χ2v) is 8.36. The Balaban J connectivity index is 1.69. The second-order valence-electron chi connectivity index (χ2n) is 6.24. The van der Waals surface area contributed by atoms with Gasteiger partial charge in [-0.1, -0.05) is 29.5 Å². The van der Waals surface area contributed by atoms with E-state index in [1.165, 1.54) is 30.5 Å². The van der Waals surface area contributed by atoms with Crippen molar-refractivity contribution < 1.29 is 17.2 Å². The van der Waals surface area contributed by atoms with Crippen molar-refractivity contribution in [3.63, 3.8) is 0 Å². The van der Waals surface area contributed by atoms with E-state index in [9.17, 15) is 17.2 Å². The van der Waals surface area contributed by atoms with Crippen molar-refractivity contribution in [2.45, 2.75) is 4.90 Å². The number of anilines is 1. The van der Waals surface area contributed by atoms with E-state index in [1.54, 1.807) is 18.3 Å². The van der Waals surface area contributed by atoms with Gasteiger partial charge in [0.2, 0.25) is 0 Å². The molecule has 4 rings (SSSR count). The van der Waals surface area contributed by atoms with Crippen molar-refractivity contribution in [2.24, 2.45) is 0 Å². The lowest BCUT2D eigenvalue weighted by molar-refractivity contribution is 0.578. The van der Waals surface area contributed by atoms with Crippen LogP contribution in [-0.4, -0.2) is 18.4 Å². The number of pyridine rings is 1. The number of sulfonamides is 1. The molecule has 2 N–H and O–H groups in total. The Morgan fingerprint density at radius 2 is 1.90 bits per heavy atom. The first kappa shape index (κ1) is 19.9. The predicted octanol–water partition coefficient (Wildman–Crippen LogP) is 4.70. The SMILES string of the molecule is O=S(=O)(Nc1ccc(F)c(C#Cc2cnc3[nH]ccc3c2)c1F)c1cccc(Cl)c1. The zero-order valence-corrected chi connectivity index (χ0v) is 16.7. The molecule has 0 unspecified atom stereocenters. The predicted molar refractivity (Wildman–Crippen MR) is 111 cm³/mol. The lowest BCUT2D eigenvalue weighted by Crippen LogP contribution is -2.14. The molecule has 0 saturated heterocycles. The molecule has 2 aromatic heterocycles. The monoisotopic (exact) mass is 443 g/mol. The number of aromatic amines is 1. The van der Waals surface area contributed by atoms with E-state index in [2.05, 4.69) is 26.5 Å². The maximum absolute atomic E-state index is 14.8. The van der Waals surface area contributed by atoms with Gasteiger partial charge in [0.25, 0.3) is 10.0 Å². The molecule has 0 fully saturated rings. The molecule has 30 heavy (non-hydrogen) atoms. The standard InChI is InChI=1S/C21H12ClF2N3O2S/c22-15-2-1-3-16(11-15)30(28,29)27-19-7-6-18(23)17(20(19)24)5-4-13-10-14-8-9-25-21(14)26-12-13/h1-3,6-12,27H,(H,25,26). The number of fused-ring (bicyclic) bond motifs is 1. The van der Waals surface area contributed by atoms with Crippen LogP contribution in [0.25, 0.3) is 11.0 Å². The van der Waals surface area contributed by atoms with Crippen LogP contribution in [0.15, 0.2) is 65.8 Å². The zero-order valence-electron chi connectivity index (χ0n) is 15.1. The number of H-pyrrole nitrogens is 1. The van der Waals surface area contributed by atoms with Gasteiger partial charge < -0.3 is 4.98 Å². The van der Waals surface area contributed by atoms with Crippen LogP contribution in [0.5, 0.6) is 0 Å². The first-order valence-electron chi connectivity index (χ1n) is 8.55. The summed E-state index contributed by atoms with van der Waals surface area (Å²) in [6.07, 6.45) is 3.18.